The zero-order valence-corrected chi connectivity index (χ0v) is 22.9. The molecular formula is C24H36F2N2O4SSi. The molecule has 1 N–H and O–H groups in total. The standard InChI is InChI=1S/C24H36F2N2O4SSi/c1-22(2,3)32-21(30)28(15-31-11-12-34(5,6)7)20-27-23(4,18-13-24(18,14-29)33-20)16-9-8-10-17(25)19(16)26/h8-10,18,29H,11-15H2,1-7H3/t18-,23+,24+/m0/s1. The van der Waals surface area contributed by atoms with Crippen LogP contribution < -0.4 is 0 Å². The highest BCUT2D eigenvalue weighted by Gasteiger charge is 2.67. The molecule has 1 heterocycles. The Balaban J connectivity index is 1.98. The molecule has 1 aromatic rings. The molecule has 1 amide bonds. The third kappa shape index (κ3) is 5.83. The number of ether oxygens (including phenoxy) is 2. The van der Waals surface area contributed by atoms with Crippen LogP contribution in [0, 0.1) is 17.6 Å². The van der Waals surface area contributed by atoms with Crippen LogP contribution in [0.1, 0.15) is 39.7 Å². The van der Waals surface area contributed by atoms with Gasteiger partial charge in [-0.2, -0.15) is 0 Å². The van der Waals surface area contributed by atoms with Crippen LogP contribution in [0.3, 0.4) is 0 Å². The van der Waals surface area contributed by atoms with Gasteiger partial charge >= 0.3 is 6.09 Å². The van der Waals surface area contributed by atoms with E-state index in [-0.39, 0.29) is 30.0 Å². The Hall–Kier alpha value is -1.49. The molecule has 2 aliphatic rings. The molecule has 1 fully saturated rings. The van der Waals surface area contributed by atoms with Crippen molar-refractivity contribution < 1.29 is 28.2 Å². The maximum Gasteiger partial charge on any atom is 0.418 e. The molecule has 0 aromatic heterocycles. The summed E-state index contributed by atoms with van der Waals surface area (Å²) in [4.78, 5) is 19.3. The number of hydrogen-bond donors (Lipinski definition) is 1. The highest BCUT2D eigenvalue weighted by Crippen LogP contribution is 2.66. The van der Waals surface area contributed by atoms with Crippen LogP contribution in [0.4, 0.5) is 13.6 Å². The Kier molecular flexibility index (Phi) is 7.59. The number of rotatable bonds is 7. The normalized spacial score (nSPS) is 26.5. The third-order valence-corrected chi connectivity index (χ3v) is 9.34. The molecule has 0 spiro atoms. The minimum Gasteiger partial charge on any atom is -0.443 e. The van der Waals surface area contributed by atoms with Gasteiger partial charge < -0.3 is 14.6 Å². The summed E-state index contributed by atoms with van der Waals surface area (Å²) < 4.78 is 39.8. The first-order chi connectivity index (χ1) is 15.6. The fourth-order valence-electron chi connectivity index (χ4n) is 4.09. The second kappa shape index (κ2) is 9.52. The number of aliphatic hydroxyl groups excluding tert-OH is 1. The average Bonchev–Trinajstić information content (AvgIpc) is 3.44. The lowest BCUT2D eigenvalue weighted by atomic mass is 9.85. The molecule has 3 rings (SSSR count). The molecule has 1 aromatic carbocycles. The van der Waals surface area contributed by atoms with Crippen molar-refractivity contribution in [2.45, 2.75) is 75.7 Å². The third-order valence-electron chi connectivity index (χ3n) is 6.15. The number of aliphatic hydroxyl groups is 1. The number of halogens is 2. The molecule has 3 atom stereocenters. The van der Waals surface area contributed by atoms with Crippen LogP contribution in [0.5, 0.6) is 0 Å². The summed E-state index contributed by atoms with van der Waals surface area (Å²) in [7, 11) is -1.34. The largest absolute Gasteiger partial charge is 0.443 e. The second-order valence-corrected chi connectivity index (χ2v) is 18.5. The molecule has 34 heavy (non-hydrogen) atoms. The van der Waals surface area contributed by atoms with Gasteiger partial charge in [-0.05, 0) is 46.2 Å². The number of thioether (sulfide) groups is 1. The number of carbonyl (C=O) groups excluding carboxylic acids is 1. The maximum absolute atomic E-state index is 14.9. The SMILES string of the molecule is CC(C)(C)OC(=O)N(COCC[Si](C)(C)C)C1=N[C@](C)(c2cccc(F)c2F)[C@@H]2C[C@]2(CO)S1. The van der Waals surface area contributed by atoms with E-state index in [1.807, 2.05) is 0 Å². The van der Waals surface area contributed by atoms with Gasteiger partial charge in [0, 0.05) is 26.2 Å². The van der Waals surface area contributed by atoms with E-state index >= 15 is 0 Å². The first kappa shape index (κ1) is 27.1. The first-order valence-electron chi connectivity index (χ1n) is 11.5. The summed E-state index contributed by atoms with van der Waals surface area (Å²) in [5.41, 5.74) is -1.80. The molecule has 0 unspecified atom stereocenters. The van der Waals surface area contributed by atoms with E-state index in [9.17, 15) is 18.7 Å². The maximum atomic E-state index is 14.9. The van der Waals surface area contributed by atoms with E-state index in [1.54, 1.807) is 27.7 Å². The van der Waals surface area contributed by atoms with Crippen molar-refractivity contribution in [3.8, 4) is 0 Å². The molecular weight excluding hydrogens is 478 g/mol. The fourth-order valence-corrected chi connectivity index (χ4v) is 6.37. The van der Waals surface area contributed by atoms with Gasteiger partial charge in [-0.15, -0.1) is 0 Å². The van der Waals surface area contributed by atoms with Crippen LogP contribution >= 0.6 is 11.8 Å². The molecule has 1 saturated carbocycles. The minimum atomic E-state index is -1.34. The number of hydrogen-bond acceptors (Lipinski definition) is 6. The van der Waals surface area contributed by atoms with Gasteiger partial charge in [-0.3, -0.25) is 4.99 Å². The second-order valence-electron chi connectivity index (χ2n) is 11.5. The topological polar surface area (TPSA) is 71.4 Å². The molecule has 1 aliphatic carbocycles. The molecule has 0 saturated heterocycles. The van der Waals surface area contributed by atoms with E-state index in [0.29, 0.717) is 13.0 Å². The fraction of sp³-hybridized carbons (Fsp3) is 0.667. The summed E-state index contributed by atoms with van der Waals surface area (Å²) in [5, 5.41) is 10.5. The highest BCUT2D eigenvalue weighted by molar-refractivity contribution is 8.15. The van der Waals surface area contributed by atoms with Gasteiger partial charge in [0.2, 0.25) is 0 Å². The van der Waals surface area contributed by atoms with Crippen molar-refractivity contribution in [1.82, 2.24) is 4.90 Å². The van der Waals surface area contributed by atoms with E-state index in [4.69, 9.17) is 14.5 Å². The van der Waals surface area contributed by atoms with Gasteiger partial charge in [-0.1, -0.05) is 43.5 Å². The number of amides is 1. The predicted octanol–water partition coefficient (Wildman–Crippen LogP) is 5.58. The summed E-state index contributed by atoms with van der Waals surface area (Å²) in [6.45, 7) is 14.0. The monoisotopic (exact) mass is 514 g/mol. The Morgan fingerprint density at radius 2 is 2.00 bits per heavy atom. The summed E-state index contributed by atoms with van der Waals surface area (Å²) in [5.74, 6) is -2.13. The van der Waals surface area contributed by atoms with Gasteiger partial charge in [0.1, 0.15) is 12.3 Å². The van der Waals surface area contributed by atoms with Crippen molar-refractivity contribution >= 4 is 31.1 Å². The van der Waals surface area contributed by atoms with Crippen LogP contribution in [0.25, 0.3) is 0 Å². The Morgan fingerprint density at radius 1 is 1.32 bits per heavy atom. The molecule has 6 nitrogen and oxygen atoms in total. The lowest BCUT2D eigenvalue weighted by molar-refractivity contribution is 0.0110. The van der Waals surface area contributed by atoms with Gasteiger partial charge in [-0.25, -0.2) is 18.5 Å². The van der Waals surface area contributed by atoms with E-state index in [1.165, 1.54) is 28.8 Å². The first-order valence-corrected chi connectivity index (χ1v) is 16.1. The molecule has 1 aliphatic heterocycles. The number of amidine groups is 1. The molecule has 190 valence electrons. The van der Waals surface area contributed by atoms with Crippen LogP contribution in [0.15, 0.2) is 23.2 Å². The summed E-state index contributed by atoms with van der Waals surface area (Å²) in [6, 6.07) is 4.95. The minimum absolute atomic E-state index is 0.0842. The average molecular weight is 515 g/mol. The van der Waals surface area contributed by atoms with Gasteiger partial charge in [0.05, 0.1) is 16.9 Å². The Labute approximate surface area is 206 Å². The Morgan fingerprint density at radius 3 is 2.59 bits per heavy atom. The number of nitrogens with zero attached hydrogens (tertiary/aromatic N) is 2. The van der Waals surface area contributed by atoms with Crippen molar-refractivity contribution in [3.05, 3.63) is 35.4 Å². The van der Waals surface area contributed by atoms with Crippen LogP contribution in [-0.2, 0) is 15.0 Å². The quantitative estimate of drug-likeness (QED) is 0.292. The van der Waals surface area contributed by atoms with Crippen LogP contribution in [0.2, 0.25) is 25.7 Å². The number of carbonyl (C=O) groups is 1. The molecule has 0 radical (unpaired) electrons. The Bertz CT molecular complexity index is 965. The highest BCUT2D eigenvalue weighted by atomic mass is 32.2. The number of aliphatic imine (C=N–C) groups is 1. The number of fused-ring (bicyclic) bond motifs is 1. The van der Waals surface area contributed by atoms with E-state index in [2.05, 4.69) is 19.6 Å². The van der Waals surface area contributed by atoms with E-state index in [0.717, 1.165) is 12.1 Å². The zero-order valence-electron chi connectivity index (χ0n) is 21.1. The van der Waals surface area contributed by atoms with Crippen molar-refractivity contribution in [1.29, 1.82) is 0 Å². The molecule has 0 bridgehead atoms. The molecule has 10 heteroatoms. The lowest BCUT2D eigenvalue weighted by Crippen LogP contribution is -2.46. The smallest absolute Gasteiger partial charge is 0.418 e. The summed E-state index contributed by atoms with van der Waals surface area (Å²) >= 11 is 1.28. The lowest BCUT2D eigenvalue weighted by Gasteiger charge is -2.37. The van der Waals surface area contributed by atoms with Crippen molar-refractivity contribution in [2.75, 3.05) is 19.9 Å². The van der Waals surface area contributed by atoms with E-state index < -0.39 is 41.7 Å². The van der Waals surface area contributed by atoms with Crippen LogP contribution in [-0.4, -0.2) is 59.6 Å². The summed E-state index contributed by atoms with van der Waals surface area (Å²) in [6.07, 6.45) is -0.0762. The van der Waals surface area contributed by atoms with Gasteiger partial charge in [0.15, 0.2) is 16.8 Å². The zero-order chi connectivity index (χ0) is 25.5. The van der Waals surface area contributed by atoms with Crippen molar-refractivity contribution in [3.63, 3.8) is 0 Å². The van der Waals surface area contributed by atoms with Crippen molar-refractivity contribution in [2.24, 2.45) is 10.9 Å². The predicted molar refractivity (Wildman–Crippen MR) is 134 cm³/mol. The van der Waals surface area contributed by atoms with Gasteiger partial charge in [0.25, 0.3) is 0 Å². The number of benzene rings is 1.